The van der Waals surface area contributed by atoms with E-state index in [1.165, 1.54) is 0 Å². The maximum Gasteiger partial charge on any atom is 0.145 e. The first-order valence-electron chi connectivity index (χ1n) is 5.59. The summed E-state index contributed by atoms with van der Waals surface area (Å²) in [6.45, 7) is 1.76. The number of hydrogen-bond acceptors (Lipinski definition) is 2. The molecule has 0 fully saturated rings. The fourth-order valence-electron chi connectivity index (χ4n) is 1.76. The molecule has 2 aromatic rings. The monoisotopic (exact) mass is 327 g/mol. The molecule has 0 saturated carbocycles. The minimum Gasteiger partial charge on any atom is -0.486 e. The van der Waals surface area contributed by atoms with E-state index in [1.54, 1.807) is 6.07 Å². The van der Waals surface area contributed by atoms with Gasteiger partial charge in [0.2, 0.25) is 0 Å². The molecule has 0 bridgehead atoms. The molecule has 0 aliphatic carbocycles. The molecule has 2 aromatic carbocycles. The Morgan fingerprint density at radius 2 is 1.95 bits per heavy atom. The highest BCUT2D eigenvalue weighted by Gasteiger charge is 2.09. The van der Waals surface area contributed by atoms with Crippen molar-refractivity contribution < 1.29 is 13.5 Å². The third-order valence-corrected chi connectivity index (χ3v) is 3.11. The molecule has 2 N–H and O–H groups in total. The average Bonchev–Trinajstić information content (AvgIpc) is 2.32. The number of ether oxygens (including phenoxy) is 1. The zero-order valence-electron chi connectivity index (χ0n) is 10.2. The molecule has 0 amide bonds. The summed E-state index contributed by atoms with van der Waals surface area (Å²) in [6.07, 6.45) is 0. The third kappa shape index (κ3) is 3.23. The van der Waals surface area contributed by atoms with Crippen molar-refractivity contribution in [1.29, 1.82) is 0 Å². The van der Waals surface area contributed by atoms with Gasteiger partial charge < -0.3 is 10.5 Å². The van der Waals surface area contributed by atoms with Crippen LogP contribution in [0, 0.1) is 18.6 Å². The molecule has 5 heteroatoms. The van der Waals surface area contributed by atoms with Gasteiger partial charge in [-0.05, 0) is 42.8 Å². The van der Waals surface area contributed by atoms with Gasteiger partial charge in [-0.25, -0.2) is 8.78 Å². The standard InChI is InChI=1S/C14H12BrF2NO/c1-8-4-10(15)6-13(18)14(8)19-7-9-5-11(16)2-3-12(9)17/h2-6H,7,18H2,1H3. The van der Waals surface area contributed by atoms with Crippen molar-refractivity contribution in [3.8, 4) is 5.75 Å². The molecule has 0 radical (unpaired) electrons. The summed E-state index contributed by atoms with van der Waals surface area (Å²) in [5, 5.41) is 0. The van der Waals surface area contributed by atoms with Crippen molar-refractivity contribution in [3.05, 3.63) is 57.6 Å². The van der Waals surface area contributed by atoms with Crippen LogP contribution in [0.15, 0.2) is 34.8 Å². The Balaban J connectivity index is 2.21. The van der Waals surface area contributed by atoms with Crippen LogP contribution in [0.25, 0.3) is 0 Å². The Bertz CT molecular complexity index is 593. The zero-order chi connectivity index (χ0) is 14.0. The van der Waals surface area contributed by atoms with E-state index in [4.69, 9.17) is 10.5 Å². The van der Waals surface area contributed by atoms with Gasteiger partial charge >= 0.3 is 0 Å². The minimum atomic E-state index is -0.505. The highest BCUT2D eigenvalue weighted by Crippen LogP contribution is 2.30. The van der Waals surface area contributed by atoms with Gasteiger partial charge in [0.1, 0.15) is 24.0 Å². The van der Waals surface area contributed by atoms with E-state index in [1.807, 2.05) is 13.0 Å². The fraction of sp³-hybridized carbons (Fsp3) is 0.143. The van der Waals surface area contributed by atoms with Crippen LogP contribution in [0.5, 0.6) is 5.75 Å². The van der Waals surface area contributed by atoms with Gasteiger partial charge in [0.25, 0.3) is 0 Å². The molecule has 19 heavy (non-hydrogen) atoms. The van der Waals surface area contributed by atoms with Crippen molar-refractivity contribution in [1.82, 2.24) is 0 Å². The molecule has 0 atom stereocenters. The van der Waals surface area contributed by atoms with Gasteiger partial charge in [-0.2, -0.15) is 0 Å². The number of hydrogen-bond donors (Lipinski definition) is 1. The van der Waals surface area contributed by atoms with E-state index >= 15 is 0 Å². The lowest BCUT2D eigenvalue weighted by Gasteiger charge is -2.13. The largest absolute Gasteiger partial charge is 0.486 e. The SMILES string of the molecule is Cc1cc(Br)cc(N)c1OCc1cc(F)ccc1F. The van der Waals surface area contributed by atoms with Crippen LogP contribution in [-0.2, 0) is 6.61 Å². The zero-order valence-corrected chi connectivity index (χ0v) is 11.8. The quantitative estimate of drug-likeness (QED) is 0.857. The van der Waals surface area contributed by atoms with Crippen molar-refractivity contribution >= 4 is 21.6 Å². The second-order valence-electron chi connectivity index (χ2n) is 4.17. The van der Waals surface area contributed by atoms with Crippen LogP contribution in [-0.4, -0.2) is 0 Å². The lowest BCUT2D eigenvalue weighted by molar-refractivity contribution is 0.298. The van der Waals surface area contributed by atoms with Crippen molar-refractivity contribution in [2.45, 2.75) is 13.5 Å². The van der Waals surface area contributed by atoms with E-state index in [0.717, 1.165) is 28.2 Å². The molecule has 0 spiro atoms. The topological polar surface area (TPSA) is 35.2 Å². The maximum absolute atomic E-state index is 13.5. The highest BCUT2D eigenvalue weighted by molar-refractivity contribution is 9.10. The maximum atomic E-state index is 13.5. The molecule has 2 nitrogen and oxygen atoms in total. The number of halogens is 3. The Morgan fingerprint density at radius 1 is 1.21 bits per heavy atom. The molecule has 100 valence electrons. The van der Waals surface area contributed by atoms with E-state index in [-0.39, 0.29) is 12.2 Å². The summed E-state index contributed by atoms with van der Waals surface area (Å²) in [4.78, 5) is 0. The molecule has 0 aliphatic rings. The summed E-state index contributed by atoms with van der Waals surface area (Å²) >= 11 is 3.32. The lowest BCUT2D eigenvalue weighted by Crippen LogP contribution is -2.03. The highest BCUT2D eigenvalue weighted by atomic mass is 79.9. The average molecular weight is 328 g/mol. The molecular weight excluding hydrogens is 316 g/mol. The fourth-order valence-corrected chi connectivity index (χ4v) is 2.35. The van der Waals surface area contributed by atoms with E-state index in [9.17, 15) is 8.78 Å². The predicted molar refractivity (Wildman–Crippen MR) is 74.0 cm³/mol. The summed E-state index contributed by atoms with van der Waals surface area (Å²) in [7, 11) is 0. The summed E-state index contributed by atoms with van der Waals surface area (Å²) in [6, 6.07) is 6.79. The van der Waals surface area contributed by atoms with Crippen molar-refractivity contribution in [2.24, 2.45) is 0 Å². The minimum absolute atomic E-state index is 0.0731. The second kappa shape index (κ2) is 5.57. The van der Waals surface area contributed by atoms with Crippen LogP contribution in [0.1, 0.15) is 11.1 Å². The molecule has 0 aliphatic heterocycles. The van der Waals surface area contributed by atoms with Gasteiger partial charge in [0.15, 0.2) is 0 Å². The van der Waals surface area contributed by atoms with Gasteiger partial charge in [-0.3, -0.25) is 0 Å². The lowest BCUT2D eigenvalue weighted by atomic mass is 10.2. The number of nitrogens with two attached hydrogens (primary N) is 1. The van der Waals surface area contributed by atoms with E-state index < -0.39 is 11.6 Å². The second-order valence-corrected chi connectivity index (χ2v) is 5.08. The van der Waals surface area contributed by atoms with Crippen molar-refractivity contribution in [2.75, 3.05) is 5.73 Å². The molecule has 0 heterocycles. The van der Waals surface area contributed by atoms with Gasteiger partial charge in [0.05, 0.1) is 5.69 Å². The van der Waals surface area contributed by atoms with E-state index in [2.05, 4.69) is 15.9 Å². The molecule has 2 rings (SSSR count). The van der Waals surface area contributed by atoms with Crippen LogP contribution >= 0.6 is 15.9 Å². The van der Waals surface area contributed by atoms with Crippen LogP contribution < -0.4 is 10.5 Å². The molecule has 0 saturated heterocycles. The van der Waals surface area contributed by atoms with Gasteiger partial charge in [-0.15, -0.1) is 0 Å². The Labute approximate surface area is 118 Å². The number of rotatable bonds is 3. The number of anilines is 1. The third-order valence-electron chi connectivity index (χ3n) is 2.65. The molecule has 0 unspecified atom stereocenters. The Morgan fingerprint density at radius 3 is 2.63 bits per heavy atom. The number of benzene rings is 2. The molecular formula is C14H12BrF2NO. The first kappa shape index (κ1) is 13.8. The van der Waals surface area contributed by atoms with Crippen LogP contribution in [0.3, 0.4) is 0 Å². The first-order valence-corrected chi connectivity index (χ1v) is 6.39. The summed E-state index contributed by atoms with van der Waals surface area (Å²) in [5.41, 5.74) is 7.26. The Kier molecular flexibility index (Phi) is 4.04. The van der Waals surface area contributed by atoms with E-state index in [0.29, 0.717) is 11.4 Å². The molecule has 0 aromatic heterocycles. The summed E-state index contributed by atoms with van der Waals surface area (Å²) < 4.78 is 32.8. The normalized spacial score (nSPS) is 10.5. The first-order chi connectivity index (χ1) is 8.97. The summed E-state index contributed by atoms with van der Waals surface area (Å²) in [5.74, 6) is -0.526. The van der Waals surface area contributed by atoms with Crippen LogP contribution in [0.2, 0.25) is 0 Å². The predicted octanol–water partition coefficient (Wildman–Crippen LogP) is 4.20. The van der Waals surface area contributed by atoms with Gasteiger partial charge in [0, 0.05) is 10.0 Å². The smallest absolute Gasteiger partial charge is 0.145 e. The van der Waals surface area contributed by atoms with Gasteiger partial charge in [-0.1, -0.05) is 15.9 Å². The number of nitrogen functional groups attached to an aromatic ring is 1. The Hall–Kier alpha value is -1.62. The van der Waals surface area contributed by atoms with Crippen molar-refractivity contribution in [3.63, 3.8) is 0 Å². The van der Waals surface area contributed by atoms with Crippen LogP contribution in [0.4, 0.5) is 14.5 Å². The number of aryl methyl sites for hydroxylation is 1.